The molecule has 0 aliphatic carbocycles. The molecular formula is C25H14N4O8S. The van der Waals surface area contributed by atoms with E-state index in [9.17, 15) is 19.7 Å². The molecule has 0 aliphatic heterocycles. The van der Waals surface area contributed by atoms with E-state index in [2.05, 4.69) is 10.3 Å². The Balaban J connectivity index is 1.58. The molecule has 12 nitrogen and oxygen atoms in total. The maximum Gasteiger partial charge on any atom is 0.351 e. The van der Waals surface area contributed by atoms with Crippen LogP contribution in [0.4, 0.5) is 5.69 Å². The zero-order chi connectivity index (χ0) is 26.4. The van der Waals surface area contributed by atoms with Gasteiger partial charge in [0.25, 0.3) is 0 Å². The minimum Gasteiger partial charge on any atom is -0.462 e. The van der Waals surface area contributed by atoms with Crippen molar-refractivity contribution in [2.45, 2.75) is 6.92 Å². The number of aromatic nitrogens is 3. The number of thiazole rings is 1. The molecule has 0 spiro atoms. The Bertz CT molecular complexity index is 1930. The molecular weight excluding hydrogens is 516 g/mol. The molecule has 3 aromatic heterocycles. The van der Waals surface area contributed by atoms with Crippen LogP contribution in [0.3, 0.4) is 0 Å². The average Bonchev–Trinajstić information content (AvgIpc) is 3.56. The van der Waals surface area contributed by atoms with Crippen LogP contribution in [0.2, 0.25) is 0 Å². The van der Waals surface area contributed by atoms with Crippen molar-refractivity contribution in [1.82, 2.24) is 15.3 Å². The maximum absolute atomic E-state index is 12.8. The van der Waals surface area contributed by atoms with Crippen LogP contribution in [0, 0.1) is 10.1 Å². The van der Waals surface area contributed by atoms with Crippen molar-refractivity contribution < 1.29 is 28.2 Å². The van der Waals surface area contributed by atoms with Gasteiger partial charge in [0.15, 0.2) is 16.8 Å². The molecule has 6 aromatic rings. The Labute approximate surface area is 215 Å². The highest BCUT2D eigenvalue weighted by atomic mass is 32.1. The fourth-order valence-corrected chi connectivity index (χ4v) is 4.98. The van der Waals surface area contributed by atoms with Crippen molar-refractivity contribution in [2.75, 3.05) is 6.61 Å². The third-order valence-corrected chi connectivity index (χ3v) is 6.70. The topological polar surface area (TPSA) is 161 Å². The molecule has 0 saturated heterocycles. The zero-order valence-electron chi connectivity index (χ0n) is 19.4. The molecule has 0 atom stereocenters. The first kappa shape index (κ1) is 23.2. The molecule has 0 amide bonds. The van der Waals surface area contributed by atoms with Crippen molar-refractivity contribution in [2.24, 2.45) is 0 Å². The quantitative estimate of drug-likeness (QED) is 0.116. The second-order valence-corrected chi connectivity index (χ2v) is 8.95. The van der Waals surface area contributed by atoms with Gasteiger partial charge in [0.2, 0.25) is 5.52 Å². The molecule has 0 bridgehead atoms. The number of esters is 1. The van der Waals surface area contributed by atoms with E-state index in [4.69, 9.17) is 23.5 Å². The Morgan fingerprint density at radius 1 is 1.08 bits per heavy atom. The van der Waals surface area contributed by atoms with Crippen LogP contribution in [-0.4, -0.2) is 32.8 Å². The number of carbonyl (C=O) groups excluding carboxylic acids is 1. The smallest absolute Gasteiger partial charge is 0.351 e. The summed E-state index contributed by atoms with van der Waals surface area (Å²) in [6.07, 6.45) is 0. The van der Waals surface area contributed by atoms with Gasteiger partial charge in [-0.25, -0.2) is 19.2 Å². The summed E-state index contributed by atoms with van der Waals surface area (Å²) in [4.78, 5) is 40.5. The number of nitro groups is 1. The molecule has 0 radical (unpaired) electrons. The maximum atomic E-state index is 12.8. The normalized spacial score (nSPS) is 11.3. The van der Waals surface area contributed by atoms with E-state index in [-0.39, 0.29) is 46.0 Å². The van der Waals surface area contributed by atoms with Crippen LogP contribution < -0.4 is 10.4 Å². The van der Waals surface area contributed by atoms with Crippen molar-refractivity contribution in [1.29, 1.82) is 0 Å². The summed E-state index contributed by atoms with van der Waals surface area (Å²) in [5.41, 5.74) is -0.262. The highest BCUT2D eigenvalue weighted by Gasteiger charge is 2.25. The minimum atomic E-state index is -0.881. The summed E-state index contributed by atoms with van der Waals surface area (Å²) in [6, 6.07) is 14.7. The largest absolute Gasteiger partial charge is 0.462 e. The number of non-ortho nitro benzene ring substituents is 1. The molecule has 13 heteroatoms. The third-order valence-electron chi connectivity index (χ3n) is 5.64. The first-order valence-corrected chi connectivity index (χ1v) is 12.0. The highest BCUT2D eigenvalue weighted by Crippen LogP contribution is 2.43. The second kappa shape index (κ2) is 9.05. The SMILES string of the molecule is CCOC(=O)c1cc2ccc(Oc3ccc([N+](=O)[O-])c4nonc34)c(-c3nc4ccccc4s3)c2oc1=O. The molecule has 3 heterocycles. The van der Waals surface area contributed by atoms with Crippen LogP contribution in [0.15, 0.2) is 68.4 Å². The average molecular weight is 530 g/mol. The van der Waals surface area contributed by atoms with E-state index >= 15 is 0 Å². The number of carbonyl (C=O) groups is 1. The monoisotopic (exact) mass is 530 g/mol. The highest BCUT2D eigenvalue weighted by molar-refractivity contribution is 7.21. The summed E-state index contributed by atoms with van der Waals surface area (Å²) in [7, 11) is 0. The lowest BCUT2D eigenvalue weighted by atomic mass is 10.1. The summed E-state index contributed by atoms with van der Waals surface area (Å²) in [5.74, 6) is -0.447. The lowest BCUT2D eigenvalue weighted by molar-refractivity contribution is -0.383. The summed E-state index contributed by atoms with van der Waals surface area (Å²) in [6.45, 7) is 1.73. The van der Waals surface area contributed by atoms with Crippen molar-refractivity contribution in [3.8, 4) is 22.1 Å². The van der Waals surface area contributed by atoms with Gasteiger partial charge in [-0.3, -0.25) is 10.1 Å². The molecule has 0 fully saturated rings. The van der Waals surface area contributed by atoms with Crippen LogP contribution in [0.5, 0.6) is 11.5 Å². The van der Waals surface area contributed by atoms with E-state index in [0.29, 0.717) is 16.0 Å². The van der Waals surface area contributed by atoms with Crippen LogP contribution in [-0.2, 0) is 4.74 Å². The fraction of sp³-hybridized carbons (Fsp3) is 0.0800. The van der Waals surface area contributed by atoms with Gasteiger partial charge in [-0.2, -0.15) is 0 Å². The fourth-order valence-electron chi connectivity index (χ4n) is 3.96. The number of nitro benzene ring substituents is 1. The number of rotatable bonds is 6. The molecule has 38 heavy (non-hydrogen) atoms. The van der Waals surface area contributed by atoms with Gasteiger partial charge in [-0.05, 0) is 53.6 Å². The summed E-state index contributed by atoms with van der Waals surface area (Å²) < 4.78 is 22.4. The zero-order valence-corrected chi connectivity index (χ0v) is 20.2. The number of nitrogens with zero attached hydrogens (tertiary/aromatic N) is 4. The second-order valence-electron chi connectivity index (χ2n) is 7.92. The first-order valence-electron chi connectivity index (χ1n) is 11.2. The predicted octanol–water partition coefficient (Wildman–Crippen LogP) is 5.48. The van der Waals surface area contributed by atoms with Crippen molar-refractivity contribution >= 4 is 55.2 Å². The molecule has 0 aliphatic rings. The van der Waals surface area contributed by atoms with E-state index in [0.717, 1.165) is 10.2 Å². The van der Waals surface area contributed by atoms with Crippen LogP contribution in [0.1, 0.15) is 17.3 Å². The third kappa shape index (κ3) is 3.81. The van der Waals surface area contributed by atoms with Gasteiger partial charge in [-0.1, -0.05) is 12.1 Å². The number of hydrogen-bond acceptors (Lipinski definition) is 12. The van der Waals surface area contributed by atoms with Crippen LogP contribution in [0.25, 0.3) is 42.8 Å². The Kier molecular flexibility index (Phi) is 5.53. The van der Waals surface area contributed by atoms with Crippen molar-refractivity contribution in [3.63, 3.8) is 0 Å². The molecule has 0 saturated carbocycles. The van der Waals surface area contributed by atoms with E-state index in [1.54, 1.807) is 19.1 Å². The van der Waals surface area contributed by atoms with E-state index in [1.807, 2.05) is 24.3 Å². The number of fused-ring (bicyclic) bond motifs is 3. The van der Waals surface area contributed by atoms with Gasteiger partial charge in [-0.15, -0.1) is 11.3 Å². The number of benzene rings is 3. The Hall–Kier alpha value is -5.17. The number of para-hydroxylation sites is 1. The van der Waals surface area contributed by atoms with E-state index < -0.39 is 16.5 Å². The first-order chi connectivity index (χ1) is 18.4. The van der Waals surface area contributed by atoms with Crippen LogP contribution >= 0.6 is 11.3 Å². The lowest BCUT2D eigenvalue weighted by Gasteiger charge is -2.12. The van der Waals surface area contributed by atoms with Crippen molar-refractivity contribution in [3.05, 3.63) is 80.7 Å². The number of ether oxygens (including phenoxy) is 2. The molecule has 6 rings (SSSR count). The van der Waals surface area contributed by atoms with E-state index in [1.165, 1.54) is 29.5 Å². The molecule has 188 valence electrons. The summed E-state index contributed by atoms with van der Waals surface area (Å²) >= 11 is 1.35. The Morgan fingerprint density at radius 2 is 1.87 bits per heavy atom. The summed E-state index contributed by atoms with van der Waals surface area (Å²) in [5, 5.41) is 19.7. The van der Waals surface area contributed by atoms with Gasteiger partial charge in [0.1, 0.15) is 16.3 Å². The van der Waals surface area contributed by atoms with Gasteiger partial charge < -0.3 is 13.9 Å². The molecule has 0 N–H and O–H groups in total. The lowest BCUT2D eigenvalue weighted by Crippen LogP contribution is -2.16. The van der Waals surface area contributed by atoms with Gasteiger partial charge in [0, 0.05) is 11.5 Å². The number of hydrogen-bond donors (Lipinski definition) is 0. The predicted molar refractivity (Wildman–Crippen MR) is 136 cm³/mol. The van der Waals surface area contributed by atoms with Gasteiger partial charge in [0.05, 0.1) is 27.3 Å². The molecule has 0 unspecified atom stereocenters. The molecule has 3 aromatic carbocycles. The minimum absolute atomic E-state index is 0.0358. The van der Waals surface area contributed by atoms with Gasteiger partial charge >= 0.3 is 17.3 Å². The Morgan fingerprint density at radius 3 is 2.66 bits per heavy atom. The standard InChI is InChI=1S/C25H14N4O8S/c1-2-34-24(30)13-11-12-7-9-16(35-17-10-8-15(29(32)33)20-21(17)28-37-27-20)19(22(12)36-25(13)31)23-26-14-5-3-4-6-18(14)38-23/h3-11H,2H2,1H3.